The number of carbonyl (C=O) groups excluding carboxylic acids is 1. The van der Waals surface area contributed by atoms with Gasteiger partial charge in [0.1, 0.15) is 11.4 Å². The van der Waals surface area contributed by atoms with Gasteiger partial charge in [0.05, 0.1) is 5.56 Å². The third-order valence-electron chi connectivity index (χ3n) is 4.38. The monoisotopic (exact) mass is 370 g/mol. The zero-order chi connectivity index (χ0) is 20.0. The molecule has 1 heterocycles. The lowest BCUT2D eigenvalue weighted by molar-refractivity contribution is -0.132. The van der Waals surface area contributed by atoms with Crippen molar-refractivity contribution < 1.29 is 19.4 Å². The number of phenolic OH excluding ortho intramolecular Hbond substituents is 1. The molecule has 4 heteroatoms. The van der Waals surface area contributed by atoms with Crippen LogP contribution in [-0.4, -0.2) is 16.7 Å². The van der Waals surface area contributed by atoms with Crippen molar-refractivity contribution in [1.29, 1.82) is 0 Å². The Morgan fingerprint density at radius 1 is 1.30 bits per heavy atom. The minimum atomic E-state index is -0.692. The van der Waals surface area contributed by atoms with Crippen molar-refractivity contribution in [2.24, 2.45) is 0 Å². The Morgan fingerprint density at radius 2 is 2.04 bits per heavy atom. The summed E-state index contributed by atoms with van der Waals surface area (Å²) in [5.41, 5.74) is 1.83. The second-order valence-electron chi connectivity index (χ2n) is 7.40. The molecule has 4 nitrogen and oxygen atoms in total. The van der Waals surface area contributed by atoms with Crippen LogP contribution in [-0.2, 0) is 11.2 Å². The van der Waals surface area contributed by atoms with Crippen LogP contribution >= 0.6 is 0 Å². The zero-order valence-electron chi connectivity index (χ0n) is 17.0. The van der Waals surface area contributed by atoms with Gasteiger partial charge < -0.3 is 14.6 Å². The van der Waals surface area contributed by atoms with Crippen LogP contribution in [0.2, 0.25) is 0 Å². The van der Waals surface area contributed by atoms with E-state index in [1.165, 1.54) is 12.5 Å². The molecule has 0 saturated carbocycles. The number of phenols is 1. The number of allylic oxidation sites excluding steroid dienone is 3. The van der Waals surface area contributed by atoms with Crippen LogP contribution in [0.1, 0.15) is 65.0 Å². The third kappa shape index (κ3) is 5.49. The highest BCUT2D eigenvalue weighted by Gasteiger charge is 2.30. The lowest BCUT2D eigenvalue weighted by Crippen LogP contribution is -2.30. The molecule has 1 aliphatic rings. The minimum absolute atomic E-state index is 0.138. The Bertz CT molecular complexity index is 782. The highest BCUT2D eigenvalue weighted by molar-refractivity contribution is 5.77. The average Bonchev–Trinajstić information content (AvgIpc) is 2.57. The molecule has 27 heavy (non-hydrogen) atoms. The number of hydrogen-bond acceptors (Lipinski definition) is 4. The fraction of sp³-hybridized carbons (Fsp3) is 0.435. The van der Waals surface area contributed by atoms with Crippen molar-refractivity contribution in [1.82, 2.24) is 0 Å². The molecule has 0 amide bonds. The van der Waals surface area contributed by atoms with Crippen molar-refractivity contribution in [2.45, 2.75) is 65.9 Å². The zero-order valence-corrected chi connectivity index (χ0v) is 17.0. The molecule has 1 aliphatic heterocycles. The van der Waals surface area contributed by atoms with Gasteiger partial charge in [0, 0.05) is 12.5 Å². The Kier molecular flexibility index (Phi) is 6.89. The summed E-state index contributed by atoms with van der Waals surface area (Å²) in [5, 5.41) is 10.5. The van der Waals surface area contributed by atoms with Crippen molar-refractivity contribution in [3.05, 3.63) is 47.1 Å². The van der Waals surface area contributed by atoms with Crippen LogP contribution in [0.15, 0.2) is 35.9 Å². The number of benzene rings is 1. The normalized spacial score (nSPS) is 18.1. The Labute approximate surface area is 162 Å². The van der Waals surface area contributed by atoms with Gasteiger partial charge in [0.2, 0.25) is 0 Å². The molecule has 1 unspecified atom stereocenters. The van der Waals surface area contributed by atoms with Gasteiger partial charge in [-0.3, -0.25) is 4.79 Å². The van der Waals surface area contributed by atoms with Crippen LogP contribution < -0.4 is 9.47 Å². The molecule has 0 spiro atoms. The quantitative estimate of drug-likeness (QED) is 0.288. The Morgan fingerprint density at radius 3 is 2.67 bits per heavy atom. The first-order valence-electron chi connectivity index (χ1n) is 9.54. The number of carbonyl (C=O) groups is 1. The summed E-state index contributed by atoms with van der Waals surface area (Å²) in [6.07, 6.45) is 13.4. The van der Waals surface area contributed by atoms with E-state index in [1.54, 1.807) is 6.07 Å². The third-order valence-corrected chi connectivity index (χ3v) is 4.38. The fourth-order valence-corrected chi connectivity index (χ4v) is 2.99. The molecule has 1 atom stereocenters. The highest BCUT2D eigenvalue weighted by atomic mass is 16.6. The lowest BCUT2D eigenvalue weighted by atomic mass is 9.95. The number of rotatable bonds is 7. The van der Waals surface area contributed by atoms with E-state index in [2.05, 4.69) is 6.92 Å². The number of aryl methyl sites for hydroxylation is 1. The maximum Gasteiger partial charge on any atom is 0.308 e. The maximum absolute atomic E-state index is 11.7. The molecule has 0 bridgehead atoms. The molecule has 0 aliphatic carbocycles. The first-order valence-corrected chi connectivity index (χ1v) is 9.54. The number of unbranched alkanes of at least 4 members (excludes halogenated alkanes) is 2. The van der Waals surface area contributed by atoms with E-state index in [4.69, 9.17) is 9.47 Å². The first-order chi connectivity index (χ1) is 12.8. The van der Waals surface area contributed by atoms with Gasteiger partial charge in [0.15, 0.2) is 11.5 Å². The number of hydrogen-bond donors (Lipinski definition) is 1. The van der Waals surface area contributed by atoms with Crippen molar-refractivity contribution in [3.8, 4) is 17.2 Å². The van der Waals surface area contributed by atoms with Crippen LogP contribution in [0.4, 0.5) is 0 Å². The second-order valence-corrected chi connectivity index (χ2v) is 7.40. The SMILES string of the molecule is CCCCCc1cc(O)c2c(c1OC(C)=O)OC(C)(/C=C/C=C(C)C)C=C2. The van der Waals surface area contributed by atoms with Crippen LogP contribution in [0, 0.1) is 0 Å². The summed E-state index contributed by atoms with van der Waals surface area (Å²) in [5.74, 6) is 0.569. The van der Waals surface area contributed by atoms with E-state index in [1.807, 2.05) is 51.2 Å². The maximum atomic E-state index is 11.7. The Hall–Kier alpha value is -2.49. The molecular weight excluding hydrogens is 340 g/mol. The largest absolute Gasteiger partial charge is 0.507 e. The van der Waals surface area contributed by atoms with Crippen molar-refractivity contribution >= 4 is 12.0 Å². The second kappa shape index (κ2) is 8.94. The van der Waals surface area contributed by atoms with E-state index >= 15 is 0 Å². The molecule has 2 rings (SSSR count). The van der Waals surface area contributed by atoms with Crippen LogP contribution in [0.25, 0.3) is 6.08 Å². The number of fused-ring (bicyclic) bond motifs is 1. The van der Waals surface area contributed by atoms with Crippen LogP contribution in [0.3, 0.4) is 0 Å². The molecular formula is C23H30O4. The highest BCUT2D eigenvalue weighted by Crippen LogP contribution is 2.46. The van der Waals surface area contributed by atoms with Gasteiger partial charge >= 0.3 is 5.97 Å². The first kappa shape index (κ1) is 20.8. The Balaban J connectivity index is 2.47. The summed E-state index contributed by atoms with van der Waals surface area (Å²) in [7, 11) is 0. The van der Waals surface area contributed by atoms with Gasteiger partial charge in [-0.25, -0.2) is 0 Å². The van der Waals surface area contributed by atoms with Gasteiger partial charge in [0.25, 0.3) is 0 Å². The summed E-state index contributed by atoms with van der Waals surface area (Å²) < 4.78 is 11.7. The van der Waals surface area contributed by atoms with E-state index in [0.717, 1.165) is 24.8 Å². The summed E-state index contributed by atoms with van der Waals surface area (Å²) in [6.45, 7) is 9.50. The molecule has 0 fully saturated rings. The molecule has 0 aromatic heterocycles. The predicted octanol–water partition coefficient (Wildman–Crippen LogP) is 5.74. The fourth-order valence-electron chi connectivity index (χ4n) is 2.99. The van der Waals surface area contributed by atoms with Crippen molar-refractivity contribution in [3.63, 3.8) is 0 Å². The molecule has 1 aromatic carbocycles. The van der Waals surface area contributed by atoms with E-state index in [0.29, 0.717) is 23.5 Å². The number of ether oxygens (including phenoxy) is 2. The standard InChI is InChI=1S/C23H30O4/c1-6-7-8-11-18-15-20(25)19-12-14-23(5,13-9-10-16(2)3)27-22(19)21(18)26-17(4)24/h9-10,12-15,25H,6-8,11H2,1-5H3/b13-9+. The minimum Gasteiger partial charge on any atom is -0.507 e. The average molecular weight is 370 g/mol. The molecule has 1 aromatic rings. The molecule has 1 N–H and O–H groups in total. The summed E-state index contributed by atoms with van der Waals surface area (Å²) >= 11 is 0. The number of esters is 1. The van der Waals surface area contributed by atoms with Crippen LogP contribution in [0.5, 0.6) is 17.2 Å². The number of aromatic hydroxyl groups is 1. The van der Waals surface area contributed by atoms with Gasteiger partial charge in [-0.15, -0.1) is 0 Å². The van der Waals surface area contributed by atoms with Gasteiger partial charge in [-0.05, 0) is 57.9 Å². The molecule has 0 saturated heterocycles. The van der Waals surface area contributed by atoms with Gasteiger partial charge in [-0.1, -0.05) is 37.5 Å². The topological polar surface area (TPSA) is 55.8 Å². The van der Waals surface area contributed by atoms with Crippen molar-refractivity contribution in [2.75, 3.05) is 0 Å². The van der Waals surface area contributed by atoms with E-state index < -0.39 is 11.6 Å². The molecule has 146 valence electrons. The lowest BCUT2D eigenvalue weighted by Gasteiger charge is -2.31. The summed E-state index contributed by atoms with van der Waals surface area (Å²) in [4.78, 5) is 11.7. The van der Waals surface area contributed by atoms with E-state index in [-0.39, 0.29) is 5.75 Å². The predicted molar refractivity (Wildman–Crippen MR) is 109 cm³/mol. The smallest absolute Gasteiger partial charge is 0.308 e. The molecule has 0 radical (unpaired) electrons. The van der Waals surface area contributed by atoms with Gasteiger partial charge in [-0.2, -0.15) is 0 Å². The van der Waals surface area contributed by atoms with E-state index in [9.17, 15) is 9.90 Å². The summed E-state index contributed by atoms with van der Waals surface area (Å²) in [6, 6.07) is 1.68.